The standard InChI is InChI=1S/C14H18BrNO2/c1-10-12(6-3-7-13(10)15)14(18)16(8-9-17)11-4-2-5-11/h3,6-7,11,17H,2,4-5,8-9H2,1H3. The molecule has 1 fully saturated rings. The van der Waals surface area contributed by atoms with Crippen molar-refractivity contribution in [2.45, 2.75) is 32.2 Å². The highest BCUT2D eigenvalue weighted by Crippen LogP contribution is 2.28. The highest BCUT2D eigenvalue weighted by molar-refractivity contribution is 9.10. The van der Waals surface area contributed by atoms with Gasteiger partial charge in [0.25, 0.3) is 5.91 Å². The van der Waals surface area contributed by atoms with Gasteiger partial charge in [0, 0.05) is 22.6 Å². The molecule has 0 heterocycles. The van der Waals surface area contributed by atoms with Crippen molar-refractivity contribution in [2.75, 3.05) is 13.2 Å². The smallest absolute Gasteiger partial charge is 0.254 e. The quantitative estimate of drug-likeness (QED) is 0.929. The Hall–Kier alpha value is -0.870. The molecule has 0 saturated heterocycles. The first-order chi connectivity index (χ1) is 8.65. The highest BCUT2D eigenvalue weighted by atomic mass is 79.9. The van der Waals surface area contributed by atoms with Crippen LogP contribution < -0.4 is 0 Å². The largest absolute Gasteiger partial charge is 0.395 e. The van der Waals surface area contributed by atoms with E-state index in [1.54, 1.807) is 0 Å². The summed E-state index contributed by atoms with van der Waals surface area (Å²) in [5, 5.41) is 9.12. The maximum Gasteiger partial charge on any atom is 0.254 e. The SMILES string of the molecule is Cc1c(Br)cccc1C(=O)N(CCO)C1CCC1. The van der Waals surface area contributed by atoms with Crippen molar-refractivity contribution in [2.24, 2.45) is 0 Å². The number of carbonyl (C=O) groups is 1. The van der Waals surface area contributed by atoms with E-state index in [1.165, 1.54) is 6.42 Å². The fraction of sp³-hybridized carbons (Fsp3) is 0.500. The summed E-state index contributed by atoms with van der Waals surface area (Å²) in [6.45, 7) is 2.39. The van der Waals surface area contributed by atoms with Gasteiger partial charge in [-0.25, -0.2) is 0 Å². The zero-order valence-electron chi connectivity index (χ0n) is 10.5. The molecule has 1 saturated carbocycles. The Morgan fingerprint density at radius 2 is 2.22 bits per heavy atom. The van der Waals surface area contributed by atoms with Crippen molar-refractivity contribution in [3.8, 4) is 0 Å². The number of hydrogen-bond donors (Lipinski definition) is 1. The van der Waals surface area contributed by atoms with Gasteiger partial charge in [0.1, 0.15) is 0 Å². The second-order valence-electron chi connectivity index (χ2n) is 4.72. The maximum atomic E-state index is 12.5. The third-order valence-electron chi connectivity index (χ3n) is 3.62. The van der Waals surface area contributed by atoms with Crippen LogP contribution in [-0.2, 0) is 0 Å². The topological polar surface area (TPSA) is 40.5 Å². The molecule has 1 N–H and O–H groups in total. The predicted octanol–water partition coefficient (Wildman–Crippen LogP) is 2.74. The molecule has 0 unspecified atom stereocenters. The lowest BCUT2D eigenvalue weighted by molar-refractivity contribution is 0.0525. The normalized spacial score (nSPS) is 15.3. The third kappa shape index (κ3) is 2.59. The Kier molecular flexibility index (Phi) is 4.40. The number of benzene rings is 1. The summed E-state index contributed by atoms with van der Waals surface area (Å²) < 4.78 is 0.950. The van der Waals surface area contributed by atoms with Gasteiger partial charge in [0.05, 0.1) is 6.61 Å². The number of halogens is 1. The second kappa shape index (κ2) is 5.85. The number of nitrogens with zero attached hydrogens (tertiary/aromatic N) is 1. The average molecular weight is 312 g/mol. The van der Waals surface area contributed by atoms with Gasteiger partial charge in [-0.05, 0) is 43.9 Å². The van der Waals surface area contributed by atoms with Crippen LogP contribution in [0.5, 0.6) is 0 Å². The Balaban J connectivity index is 2.24. The van der Waals surface area contributed by atoms with Gasteiger partial charge < -0.3 is 10.0 Å². The van der Waals surface area contributed by atoms with Crippen LogP contribution in [0, 0.1) is 6.92 Å². The van der Waals surface area contributed by atoms with Gasteiger partial charge in [-0.2, -0.15) is 0 Å². The van der Waals surface area contributed by atoms with Crippen molar-refractivity contribution in [3.05, 3.63) is 33.8 Å². The zero-order valence-corrected chi connectivity index (χ0v) is 12.1. The van der Waals surface area contributed by atoms with E-state index < -0.39 is 0 Å². The van der Waals surface area contributed by atoms with Crippen LogP contribution in [0.4, 0.5) is 0 Å². The summed E-state index contributed by atoms with van der Waals surface area (Å²) in [7, 11) is 0. The van der Waals surface area contributed by atoms with E-state index in [4.69, 9.17) is 5.11 Å². The number of carbonyl (C=O) groups excluding carboxylic acids is 1. The number of rotatable bonds is 4. The molecule has 0 spiro atoms. The molecule has 4 heteroatoms. The van der Waals surface area contributed by atoms with E-state index in [-0.39, 0.29) is 12.5 Å². The van der Waals surface area contributed by atoms with Crippen LogP contribution >= 0.6 is 15.9 Å². The van der Waals surface area contributed by atoms with E-state index in [9.17, 15) is 4.79 Å². The molecule has 3 nitrogen and oxygen atoms in total. The zero-order chi connectivity index (χ0) is 13.1. The van der Waals surface area contributed by atoms with Crippen LogP contribution in [0.1, 0.15) is 35.2 Å². The lowest BCUT2D eigenvalue weighted by atomic mass is 9.90. The van der Waals surface area contributed by atoms with Crippen LogP contribution in [0.15, 0.2) is 22.7 Å². The number of amides is 1. The summed E-state index contributed by atoms with van der Waals surface area (Å²) >= 11 is 3.45. The minimum atomic E-state index is 0.0231. The monoisotopic (exact) mass is 311 g/mol. The summed E-state index contributed by atoms with van der Waals surface area (Å²) in [6.07, 6.45) is 3.29. The molecule has 2 rings (SSSR count). The molecule has 0 aliphatic heterocycles. The van der Waals surface area contributed by atoms with Gasteiger partial charge >= 0.3 is 0 Å². The van der Waals surface area contributed by atoms with Crippen LogP contribution in [0.2, 0.25) is 0 Å². The third-order valence-corrected chi connectivity index (χ3v) is 4.47. The molecule has 1 aromatic carbocycles. The molecule has 1 amide bonds. The van der Waals surface area contributed by atoms with E-state index >= 15 is 0 Å². The average Bonchev–Trinajstić information content (AvgIpc) is 2.29. The summed E-state index contributed by atoms with van der Waals surface area (Å²) in [5.74, 6) is 0.0348. The molecular weight excluding hydrogens is 294 g/mol. The number of hydrogen-bond acceptors (Lipinski definition) is 2. The minimum Gasteiger partial charge on any atom is -0.395 e. The first-order valence-electron chi connectivity index (χ1n) is 6.32. The van der Waals surface area contributed by atoms with Gasteiger partial charge in [-0.1, -0.05) is 22.0 Å². The molecule has 1 aliphatic carbocycles. The minimum absolute atomic E-state index is 0.0231. The number of aliphatic hydroxyl groups excluding tert-OH is 1. The number of aliphatic hydroxyl groups is 1. The molecular formula is C14H18BrNO2. The van der Waals surface area contributed by atoms with Crippen molar-refractivity contribution in [1.29, 1.82) is 0 Å². The molecule has 0 bridgehead atoms. The van der Waals surface area contributed by atoms with Crippen molar-refractivity contribution >= 4 is 21.8 Å². The van der Waals surface area contributed by atoms with Gasteiger partial charge in [-0.15, -0.1) is 0 Å². The first-order valence-corrected chi connectivity index (χ1v) is 7.11. The highest BCUT2D eigenvalue weighted by Gasteiger charge is 2.29. The molecule has 0 atom stereocenters. The molecule has 0 radical (unpaired) electrons. The summed E-state index contributed by atoms with van der Waals surface area (Å²) in [5.41, 5.74) is 1.69. The fourth-order valence-electron chi connectivity index (χ4n) is 2.25. The fourth-order valence-corrected chi connectivity index (χ4v) is 2.62. The molecule has 18 heavy (non-hydrogen) atoms. The lowest BCUT2D eigenvalue weighted by Crippen LogP contribution is -2.45. The Bertz CT molecular complexity index is 443. The summed E-state index contributed by atoms with van der Waals surface area (Å²) in [6, 6.07) is 5.97. The van der Waals surface area contributed by atoms with Gasteiger partial charge in [0.2, 0.25) is 0 Å². The van der Waals surface area contributed by atoms with E-state index in [0.29, 0.717) is 12.6 Å². The molecule has 1 aliphatic rings. The summed E-state index contributed by atoms with van der Waals surface area (Å²) in [4.78, 5) is 14.4. The molecule has 1 aromatic rings. The van der Waals surface area contributed by atoms with Gasteiger partial charge in [-0.3, -0.25) is 4.79 Å². The van der Waals surface area contributed by atoms with E-state index in [2.05, 4.69) is 15.9 Å². The molecule has 0 aromatic heterocycles. The first kappa shape index (κ1) is 13.6. The predicted molar refractivity (Wildman–Crippen MR) is 74.6 cm³/mol. The van der Waals surface area contributed by atoms with Crippen LogP contribution in [0.25, 0.3) is 0 Å². The molecule has 98 valence electrons. The maximum absolute atomic E-state index is 12.5. The second-order valence-corrected chi connectivity index (χ2v) is 5.57. The van der Waals surface area contributed by atoms with E-state index in [0.717, 1.165) is 28.4 Å². The van der Waals surface area contributed by atoms with Crippen molar-refractivity contribution < 1.29 is 9.90 Å². The van der Waals surface area contributed by atoms with Crippen LogP contribution in [0.3, 0.4) is 0 Å². The van der Waals surface area contributed by atoms with Crippen molar-refractivity contribution in [1.82, 2.24) is 4.90 Å². The Morgan fingerprint density at radius 3 is 2.78 bits per heavy atom. The van der Waals surface area contributed by atoms with Crippen LogP contribution in [-0.4, -0.2) is 35.1 Å². The van der Waals surface area contributed by atoms with E-state index in [1.807, 2.05) is 30.0 Å². The lowest BCUT2D eigenvalue weighted by Gasteiger charge is -2.37. The Morgan fingerprint density at radius 1 is 1.50 bits per heavy atom. The Labute approximate surface area is 116 Å². The van der Waals surface area contributed by atoms with Gasteiger partial charge in [0.15, 0.2) is 0 Å². The van der Waals surface area contributed by atoms with Crippen molar-refractivity contribution in [3.63, 3.8) is 0 Å².